The molecule has 3 nitrogen and oxygen atoms in total. The summed E-state index contributed by atoms with van der Waals surface area (Å²) in [5.41, 5.74) is 7.89. The summed E-state index contributed by atoms with van der Waals surface area (Å²) in [6.07, 6.45) is 0.939. The SMILES string of the molecule is CCC(C(N)=S)N(CC)Cc1cccc(C)n1. The van der Waals surface area contributed by atoms with E-state index in [0.717, 1.165) is 30.9 Å². The molecule has 1 atom stereocenters. The van der Waals surface area contributed by atoms with Gasteiger partial charge in [-0.05, 0) is 32.0 Å². The van der Waals surface area contributed by atoms with Gasteiger partial charge in [-0.1, -0.05) is 32.1 Å². The van der Waals surface area contributed by atoms with E-state index in [2.05, 4.69) is 23.7 Å². The molecule has 17 heavy (non-hydrogen) atoms. The van der Waals surface area contributed by atoms with Gasteiger partial charge >= 0.3 is 0 Å². The summed E-state index contributed by atoms with van der Waals surface area (Å²) in [6, 6.07) is 6.25. The van der Waals surface area contributed by atoms with Crippen molar-refractivity contribution in [1.29, 1.82) is 0 Å². The fourth-order valence-corrected chi connectivity index (χ4v) is 2.29. The molecule has 0 aliphatic heterocycles. The Bertz CT molecular complexity index is 379. The van der Waals surface area contributed by atoms with Crippen molar-refractivity contribution in [2.75, 3.05) is 6.54 Å². The molecule has 94 valence electrons. The number of hydrogen-bond donors (Lipinski definition) is 1. The van der Waals surface area contributed by atoms with E-state index in [1.54, 1.807) is 0 Å². The Morgan fingerprint density at radius 2 is 2.18 bits per heavy atom. The lowest BCUT2D eigenvalue weighted by molar-refractivity contribution is 0.238. The Hall–Kier alpha value is -1.00. The van der Waals surface area contributed by atoms with Crippen molar-refractivity contribution in [3.8, 4) is 0 Å². The average molecular weight is 251 g/mol. The normalized spacial score (nSPS) is 12.7. The minimum Gasteiger partial charge on any atom is -0.392 e. The first-order valence-electron chi connectivity index (χ1n) is 6.04. The molecule has 4 heteroatoms. The summed E-state index contributed by atoms with van der Waals surface area (Å²) in [6.45, 7) is 7.96. The summed E-state index contributed by atoms with van der Waals surface area (Å²) in [7, 11) is 0. The van der Waals surface area contributed by atoms with Crippen molar-refractivity contribution in [3.63, 3.8) is 0 Å². The second-order valence-corrected chi connectivity index (χ2v) is 4.63. The molecule has 0 amide bonds. The van der Waals surface area contributed by atoms with Gasteiger partial charge < -0.3 is 5.73 Å². The fraction of sp³-hybridized carbons (Fsp3) is 0.538. The molecule has 0 saturated carbocycles. The molecule has 0 aromatic carbocycles. The molecule has 0 saturated heterocycles. The van der Waals surface area contributed by atoms with Crippen LogP contribution in [0.3, 0.4) is 0 Å². The highest BCUT2D eigenvalue weighted by Gasteiger charge is 2.18. The Kier molecular flexibility index (Phi) is 5.51. The van der Waals surface area contributed by atoms with Crippen LogP contribution in [0.5, 0.6) is 0 Å². The highest BCUT2D eigenvalue weighted by Crippen LogP contribution is 2.10. The maximum absolute atomic E-state index is 5.78. The van der Waals surface area contributed by atoms with Gasteiger partial charge in [-0.15, -0.1) is 0 Å². The summed E-state index contributed by atoms with van der Waals surface area (Å²) in [5, 5.41) is 0. The van der Waals surface area contributed by atoms with Crippen LogP contribution in [0, 0.1) is 6.92 Å². The van der Waals surface area contributed by atoms with Crippen LogP contribution < -0.4 is 5.73 Å². The molecule has 2 N–H and O–H groups in total. The molecular weight excluding hydrogens is 230 g/mol. The second-order valence-electron chi connectivity index (χ2n) is 4.16. The van der Waals surface area contributed by atoms with E-state index in [0.29, 0.717) is 4.99 Å². The highest BCUT2D eigenvalue weighted by atomic mass is 32.1. The average Bonchev–Trinajstić information content (AvgIpc) is 2.28. The number of aryl methyl sites for hydroxylation is 1. The lowest BCUT2D eigenvalue weighted by atomic mass is 10.1. The third-order valence-corrected chi connectivity index (χ3v) is 3.15. The van der Waals surface area contributed by atoms with Gasteiger partial charge in [0.15, 0.2) is 0 Å². The van der Waals surface area contributed by atoms with Crippen LogP contribution in [-0.2, 0) is 6.54 Å². The predicted molar refractivity (Wildman–Crippen MR) is 75.9 cm³/mol. The third-order valence-electron chi connectivity index (χ3n) is 2.87. The van der Waals surface area contributed by atoms with Crippen LogP contribution in [0.1, 0.15) is 31.7 Å². The van der Waals surface area contributed by atoms with Crippen LogP contribution in [0.4, 0.5) is 0 Å². The summed E-state index contributed by atoms with van der Waals surface area (Å²) >= 11 is 5.12. The number of nitrogens with zero attached hydrogens (tertiary/aromatic N) is 2. The van der Waals surface area contributed by atoms with Gasteiger partial charge in [-0.25, -0.2) is 0 Å². The molecule has 1 rings (SSSR count). The smallest absolute Gasteiger partial charge is 0.0902 e. The van der Waals surface area contributed by atoms with E-state index in [9.17, 15) is 0 Å². The third kappa shape index (κ3) is 4.06. The lowest BCUT2D eigenvalue weighted by Gasteiger charge is -2.28. The summed E-state index contributed by atoms with van der Waals surface area (Å²) in [4.78, 5) is 7.35. The highest BCUT2D eigenvalue weighted by molar-refractivity contribution is 7.80. The number of nitrogens with two attached hydrogens (primary N) is 1. The van der Waals surface area contributed by atoms with E-state index in [-0.39, 0.29) is 6.04 Å². The van der Waals surface area contributed by atoms with E-state index < -0.39 is 0 Å². The first-order chi connectivity index (χ1) is 8.08. The molecule has 0 fully saturated rings. The minimum absolute atomic E-state index is 0.164. The Balaban J connectivity index is 2.79. The summed E-state index contributed by atoms with van der Waals surface area (Å²) < 4.78 is 0. The van der Waals surface area contributed by atoms with Crippen molar-refractivity contribution in [2.45, 2.75) is 39.8 Å². The maximum atomic E-state index is 5.78. The monoisotopic (exact) mass is 251 g/mol. The second kappa shape index (κ2) is 6.67. The Morgan fingerprint density at radius 1 is 1.47 bits per heavy atom. The number of aromatic nitrogens is 1. The maximum Gasteiger partial charge on any atom is 0.0902 e. The molecule has 1 aromatic rings. The first kappa shape index (κ1) is 14.1. The first-order valence-corrected chi connectivity index (χ1v) is 6.45. The Labute approximate surface area is 109 Å². The molecular formula is C13H21N3S. The standard InChI is InChI=1S/C13H21N3S/c1-4-12(13(14)17)16(5-2)9-11-8-6-7-10(3)15-11/h6-8,12H,4-5,9H2,1-3H3,(H2,14,17). The van der Waals surface area contributed by atoms with Crippen LogP contribution in [-0.4, -0.2) is 27.5 Å². The van der Waals surface area contributed by atoms with Gasteiger partial charge in [0, 0.05) is 12.2 Å². The number of likely N-dealkylation sites (N-methyl/N-ethyl adjacent to an activating group) is 1. The van der Waals surface area contributed by atoms with Crippen molar-refractivity contribution in [2.24, 2.45) is 5.73 Å². The van der Waals surface area contributed by atoms with E-state index in [1.165, 1.54) is 0 Å². The van der Waals surface area contributed by atoms with Gasteiger partial charge in [0.2, 0.25) is 0 Å². The quantitative estimate of drug-likeness (QED) is 0.788. The molecule has 1 aromatic heterocycles. The lowest BCUT2D eigenvalue weighted by Crippen LogP contribution is -2.43. The van der Waals surface area contributed by atoms with Crippen LogP contribution in [0.25, 0.3) is 0 Å². The van der Waals surface area contributed by atoms with E-state index in [4.69, 9.17) is 18.0 Å². The van der Waals surface area contributed by atoms with Crippen molar-refractivity contribution >= 4 is 17.2 Å². The number of hydrogen-bond acceptors (Lipinski definition) is 3. The zero-order valence-electron chi connectivity index (χ0n) is 10.8. The van der Waals surface area contributed by atoms with Crippen LogP contribution >= 0.6 is 12.2 Å². The molecule has 1 heterocycles. The predicted octanol–water partition coefficient (Wildman–Crippen LogP) is 2.28. The minimum atomic E-state index is 0.164. The van der Waals surface area contributed by atoms with Gasteiger partial charge in [0.05, 0.1) is 16.7 Å². The Morgan fingerprint density at radius 3 is 2.65 bits per heavy atom. The number of pyridine rings is 1. The fourth-order valence-electron chi connectivity index (χ4n) is 1.98. The molecule has 0 aliphatic rings. The van der Waals surface area contributed by atoms with Crippen LogP contribution in [0.15, 0.2) is 18.2 Å². The van der Waals surface area contributed by atoms with E-state index in [1.807, 2.05) is 25.1 Å². The summed E-state index contributed by atoms with van der Waals surface area (Å²) in [5.74, 6) is 0. The zero-order chi connectivity index (χ0) is 12.8. The molecule has 0 aliphatic carbocycles. The molecule has 0 radical (unpaired) electrons. The topological polar surface area (TPSA) is 42.1 Å². The molecule has 1 unspecified atom stereocenters. The van der Waals surface area contributed by atoms with Gasteiger partial charge in [0.25, 0.3) is 0 Å². The van der Waals surface area contributed by atoms with Gasteiger partial charge in [-0.2, -0.15) is 0 Å². The van der Waals surface area contributed by atoms with Gasteiger partial charge in [0.1, 0.15) is 0 Å². The largest absolute Gasteiger partial charge is 0.392 e. The molecule has 0 spiro atoms. The van der Waals surface area contributed by atoms with Crippen LogP contribution in [0.2, 0.25) is 0 Å². The zero-order valence-corrected chi connectivity index (χ0v) is 11.6. The molecule has 0 bridgehead atoms. The van der Waals surface area contributed by atoms with Crippen molar-refractivity contribution in [1.82, 2.24) is 9.88 Å². The van der Waals surface area contributed by atoms with Crippen molar-refractivity contribution < 1.29 is 0 Å². The van der Waals surface area contributed by atoms with E-state index >= 15 is 0 Å². The van der Waals surface area contributed by atoms with Gasteiger partial charge in [-0.3, -0.25) is 9.88 Å². The number of thiocarbonyl (C=S) groups is 1. The van der Waals surface area contributed by atoms with Crippen molar-refractivity contribution in [3.05, 3.63) is 29.6 Å². The number of rotatable bonds is 6.